The summed E-state index contributed by atoms with van der Waals surface area (Å²) in [6.45, 7) is 1.89. The van der Waals surface area contributed by atoms with E-state index in [1.165, 1.54) is 0 Å². The molecule has 0 aliphatic carbocycles. The third kappa shape index (κ3) is 3.40. The molecule has 8 nitrogen and oxygen atoms in total. The maximum Gasteiger partial charge on any atom is 0.267 e. The highest BCUT2D eigenvalue weighted by atomic mass is 35.5. The van der Waals surface area contributed by atoms with Crippen molar-refractivity contribution < 1.29 is 0 Å². The predicted molar refractivity (Wildman–Crippen MR) is 126 cm³/mol. The van der Waals surface area contributed by atoms with E-state index in [1.54, 1.807) is 35.0 Å². The number of hydrogen-bond acceptors (Lipinski definition) is 7. The van der Waals surface area contributed by atoms with Gasteiger partial charge in [0.25, 0.3) is 5.56 Å². The minimum Gasteiger partial charge on any atom is -0.368 e. The molecule has 5 aromatic rings. The number of benzene rings is 2. The first-order valence-electron chi connectivity index (χ1n) is 9.94. The van der Waals surface area contributed by atoms with Gasteiger partial charge in [-0.2, -0.15) is 4.98 Å². The third-order valence-electron chi connectivity index (χ3n) is 5.10. The van der Waals surface area contributed by atoms with Gasteiger partial charge < -0.3 is 11.1 Å². The molecule has 0 radical (unpaired) electrons. The summed E-state index contributed by atoms with van der Waals surface area (Å²) >= 11 is 6.36. The molecule has 0 unspecified atom stereocenters. The average molecular weight is 444 g/mol. The van der Waals surface area contributed by atoms with Crippen LogP contribution in [-0.2, 0) is 0 Å². The monoisotopic (exact) mass is 443 g/mol. The molecular weight excluding hydrogens is 426 g/mol. The van der Waals surface area contributed by atoms with Crippen LogP contribution in [-0.4, -0.2) is 24.5 Å². The average Bonchev–Trinajstić information content (AvgIpc) is 2.79. The summed E-state index contributed by atoms with van der Waals surface area (Å²) in [4.78, 5) is 31.3. The Morgan fingerprint density at radius 2 is 1.75 bits per heavy atom. The van der Waals surface area contributed by atoms with Crippen molar-refractivity contribution >= 4 is 45.3 Å². The first kappa shape index (κ1) is 19.9. The molecule has 0 spiro atoms. The minimum absolute atomic E-state index is 0.124. The minimum atomic E-state index is -0.425. The second-order valence-electron chi connectivity index (χ2n) is 7.25. The van der Waals surface area contributed by atoms with E-state index in [1.807, 2.05) is 43.3 Å². The fourth-order valence-corrected chi connectivity index (χ4v) is 3.93. The lowest BCUT2D eigenvalue weighted by atomic mass is 10.2. The Kier molecular flexibility index (Phi) is 4.91. The summed E-state index contributed by atoms with van der Waals surface area (Å²) in [5, 5.41) is 4.03. The van der Waals surface area contributed by atoms with Gasteiger partial charge in [-0.1, -0.05) is 35.9 Å². The number of anilines is 2. The molecule has 5 rings (SSSR count). The van der Waals surface area contributed by atoms with Crippen LogP contribution in [0.1, 0.15) is 18.8 Å². The van der Waals surface area contributed by atoms with Crippen molar-refractivity contribution in [2.24, 2.45) is 0 Å². The molecule has 0 amide bonds. The van der Waals surface area contributed by atoms with Gasteiger partial charge in [0.05, 0.1) is 33.2 Å². The van der Waals surface area contributed by atoms with Gasteiger partial charge in [0.1, 0.15) is 11.3 Å². The van der Waals surface area contributed by atoms with Gasteiger partial charge in [-0.05, 0) is 43.3 Å². The van der Waals surface area contributed by atoms with Crippen molar-refractivity contribution in [3.63, 3.8) is 0 Å². The number of rotatable bonds is 4. The van der Waals surface area contributed by atoms with Crippen molar-refractivity contribution in [2.75, 3.05) is 11.1 Å². The first-order chi connectivity index (χ1) is 15.5. The zero-order valence-electron chi connectivity index (χ0n) is 17.0. The molecule has 9 heteroatoms. The second kappa shape index (κ2) is 7.90. The largest absolute Gasteiger partial charge is 0.368 e. The van der Waals surface area contributed by atoms with Crippen LogP contribution in [0.3, 0.4) is 0 Å². The number of para-hydroxylation sites is 1. The van der Waals surface area contributed by atoms with E-state index in [4.69, 9.17) is 22.3 Å². The molecule has 2 aromatic carbocycles. The Hall–Kier alpha value is -4.04. The maximum absolute atomic E-state index is 13.5. The highest BCUT2D eigenvalue weighted by molar-refractivity contribution is 6.35. The second-order valence-corrected chi connectivity index (χ2v) is 7.65. The molecular formula is C23H18ClN7O. The smallest absolute Gasteiger partial charge is 0.267 e. The van der Waals surface area contributed by atoms with Gasteiger partial charge >= 0.3 is 0 Å². The van der Waals surface area contributed by atoms with Crippen molar-refractivity contribution in [3.8, 4) is 5.69 Å². The number of aromatic nitrogens is 5. The first-order valence-corrected chi connectivity index (χ1v) is 10.3. The van der Waals surface area contributed by atoms with Gasteiger partial charge in [-0.3, -0.25) is 14.3 Å². The molecule has 32 heavy (non-hydrogen) atoms. The predicted octanol–water partition coefficient (Wildman–Crippen LogP) is 4.13. The van der Waals surface area contributed by atoms with Gasteiger partial charge in [0.2, 0.25) is 5.95 Å². The van der Waals surface area contributed by atoms with E-state index >= 15 is 0 Å². The van der Waals surface area contributed by atoms with Crippen LogP contribution in [0.5, 0.6) is 0 Å². The van der Waals surface area contributed by atoms with E-state index in [0.29, 0.717) is 44.3 Å². The van der Waals surface area contributed by atoms with Crippen LogP contribution in [0.2, 0.25) is 5.02 Å². The van der Waals surface area contributed by atoms with Crippen molar-refractivity contribution in [3.05, 3.63) is 88.1 Å². The summed E-state index contributed by atoms with van der Waals surface area (Å²) in [5.41, 5.74) is 8.04. The lowest BCUT2D eigenvalue weighted by Crippen LogP contribution is -2.27. The molecule has 0 saturated heterocycles. The van der Waals surface area contributed by atoms with Crippen LogP contribution < -0.4 is 16.6 Å². The third-order valence-corrected chi connectivity index (χ3v) is 5.41. The van der Waals surface area contributed by atoms with Gasteiger partial charge in [-0.15, -0.1) is 0 Å². The highest BCUT2D eigenvalue weighted by Gasteiger charge is 2.20. The molecule has 0 aliphatic heterocycles. The van der Waals surface area contributed by atoms with E-state index in [-0.39, 0.29) is 11.5 Å². The Bertz CT molecular complexity index is 1520. The van der Waals surface area contributed by atoms with E-state index in [0.717, 1.165) is 0 Å². The topological polar surface area (TPSA) is 112 Å². The van der Waals surface area contributed by atoms with Crippen molar-refractivity contribution in [2.45, 2.75) is 13.0 Å². The highest BCUT2D eigenvalue weighted by Crippen LogP contribution is 2.26. The number of fused-ring (bicyclic) bond motifs is 2. The molecule has 0 fully saturated rings. The van der Waals surface area contributed by atoms with Crippen molar-refractivity contribution in [1.29, 1.82) is 0 Å². The van der Waals surface area contributed by atoms with Crippen LogP contribution in [0.25, 0.3) is 27.6 Å². The molecule has 3 aromatic heterocycles. The number of nitrogens with two attached hydrogens (primary N) is 1. The van der Waals surface area contributed by atoms with Gasteiger partial charge in [-0.25, -0.2) is 9.97 Å². The lowest BCUT2D eigenvalue weighted by Gasteiger charge is -2.20. The molecule has 0 bridgehead atoms. The molecule has 0 aliphatic rings. The van der Waals surface area contributed by atoms with Crippen LogP contribution in [0, 0.1) is 0 Å². The van der Waals surface area contributed by atoms with Gasteiger partial charge in [0, 0.05) is 6.20 Å². The summed E-state index contributed by atoms with van der Waals surface area (Å²) in [7, 11) is 0. The van der Waals surface area contributed by atoms with E-state index in [9.17, 15) is 4.79 Å². The molecule has 0 saturated carbocycles. The van der Waals surface area contributed by atoms with E-state index < -0.39 is 6.04 Å². The Balaban J connectivity index is 1.71. The Morgan fingerprint density at radius 3 is 2.56 bits per heavy atom. The van der Waals surface area contributed by atoms with Crippen LogP contribution >= 0.6 is 11.6 Å². The lowest BCUT2D eigenvalue weighted by molar-refractivity contribution is 0.732. The molecule has 1 atom stereocenters. The maximum atomic E-state index is 13.5. The van der Waals surface area contributed by atoms with Crippen LogP contribution in [0.4, 0.5) is 11.8 Å². The SMILES string of the molecule is C[C@H](Nc1nc(N)nc2cccnc12)c1nc2cccc(Cl)c2c(=O)n1-c1ccccc1. The summed E-state index contributed by atoms with van der Waals surface area (Å²) in [6, 6.07) is 17.7. The Morgan fingerprint density at radius 1 is 0.969 bits per heavy atom. The fourth-order valence-electron chi connectivity index (χ4n) is 3.68. The van der Waals surface area contributed by atoms with Gasteiger partial charge in [0.15, 0.2) is 5.82 Å². The molecule has 3 N–H and O–H groups in total. The number of hydrogen-bond donors (Lipinski definition) is 2. The number of nitrogen functional groups attached to an aromatic ring is 1. The standard InChI is InChI=1S/C23H18ClN7O/c1-13(27-20-19-17(11-6-12-26-19)29-23(25)30-20)21-28-16-10-5-9-15(24)18(16)22(32)31(21)14-7-3-2-4-8-14/h2-13H,1H3,(H3,25,27,29,30)/t13-/m0/s1. The zero-order valence-corrected chi connectivity index (χ0v) is 17.8. The fraction of sp³-hybridized carbons (Fsp3) is 0.0870. The quantitative estimate of drug-likeness (QED) is 0.429. The summed E-state index contributed by atoms with van der Waals surface area (Å²) in [5.74, 6) is 1.08. The normalized spacial score (nSPS) is 12.2. The number of halogens is 1. The number of nitrogens with one attached hydrogen (secondary N) is 1. The molecule has 3 heterocycles. The molecule has 158 valence electrons. The summed E-state index contributed by atoms with van der Waals surface area (Å²) in [6.07, 6.45) is 1.66. The Labute approximate surface area is 187 Å². The van der Waals surface area contributed by atoms with Crippen molar-refractivity contribution in [1.82, 2.24) is 24.5 Å². The number of pyridine rings is 1. The summed E-state index contributed by atoms with van der Waals surface area (Å²) < 4.78 is 1.56. The number of nitrogens with zero attached hydrogens (tertiary/aromatic N) is 5. The van der Waals surface area contributed by atoms with Crippen LogP contribution in [0.15, 0.2) is 71.7 Å². The van der Waals surface area contributed by atoms with E-state index in [2.05, 4.69) is 20.3 Å². The zero-order chi connectivity index (χ0) is 22.2.